The third-order valence-electron chi connectivity index (χ3n) is 6.20. The molecule has 0 saturated carbocycles. The van der Waals surface area contributed by atoms with Crippen molar-refractivity contribution in [1.29, 1.82) is 0 Å². The van der Waals surface area contributed by atoms with Crippen molar-refractivity contribution in [2.75, 3.05) is 17.4 Å². The van der Waals surface area contributed by atoms with Crippen molar-refractivity contribution in [2.24, 2.45) is 0 Å². The second kappa shape index (κ2) is 14.0. The zero-order chi connectivity index (χ0) is 29.3. The highest BCUT2D eigenvalue weighted by Crippen LogP contribution is 2.27. The number of benzene rings is 3. The molecule has 0 bridgehead atoms. The number of hydrogen-bond acceptors (Lipinski definition) is 6. The van der Waals surface area contributed by atoms with Crippen LogP contribution in [0.15, 0.2) is 88.2 Å². The highest BCUT2D eigenvalue weighted by atomic mass is 79.9. The van der Waals surface area contributed by atoms with Gasteiger partial charge < -0.3 is 10.2 Å². The number of carbonyl (C=O) groups is 2. The SMILES string of the molecule is CCCCNC(=O)[C@H](C)N(Cc1ccc(Br)cc1)C(=O)CN(c1cccc([N+](=O)[O-])c1)S(=O)(=O)c1ccccc1. The number of non-ortho nitro benzene ring substituents is 1. The predicted molar refractivity (Wildman–Crippen MR) is 156 cm³/mol. The minimum atomic E-state index is -4.31. The molecule has 12 heteroatoms. The van der Waals surface area contributed by atoms with Gasteiger partial charge in [0, 0.05) is 29.7 Å². The van der Waals surface area contributed by atoms with Crippen LogP contribution in [0.4, 0.5) is 11.4 Å². The van der Waals surface area contributed by atoms with E-state index < -0.39 is 33.4 Å². The minimum absolute atomic E-state index is 0.0443. The summed E-state index contributed by atoms with van der Waals surface area (Å²) in [5, 5.41) is 14.3. The highest BCUT2D eigenvalue weighted by molar-refractivity contribution is 9.10. The van der Waals surface area contributed by atoms with Crippen molar-refractivity contribution >= 4 is 49.1 Å². The van der Waals surface area contributed by atoms with Gasteiger partial charge in [-0.15, -0.1) is 0 Å². The number of nitrogens with zero attached hydrogens (tertiary/aromatic N) is 3. The number of nitrogens with one attached hydrogen (secondary N) is 1. The van der Waals surface area contributed by atoms with Crippen molar-refractivity contribution in [3.05, 3.63) is 99.0 Å². The molecule has 0 aliphatic rings. The van der Waals surface area contributed by atoms with Gasteiger partial charge in [0.1, 0.15) is 12.6 Å². The summed E-state index contributed by atoms with van der Waals surface area (Å²) in [5.41, 5.74) is 0.362. The number of rotatable bonds is 13. The Morgan fingerprint density at radius 1 is 1.02 bits per heavy atom. The average Bonchev–Trinajstić information content (AvgIpc) is 2.95. The highest BCUT2D eigenvalue weighted by Gasteiger charge is 2.33. The lowest BCUT2D eigenvalue weighted by atomic mass is 10.1. The third kappa shape index (κ3) is 7.89. The molecule has 0 spiro atoms. The maximum atomic E-state index is 13.9. The number of carbonyl (C=O) groups excluding carboxylic acids is 2. The van der Waals surface area contributed by atoms with Crippen molar-refractivity contribution in [1.82, 2.24) is 10.2 Å². The molecule has 3 aromatic carbocycles. The van der Waals surface area contributed by atoms with Gasteiger partial charge in [0.2, 0.25) is 11.8 Å². The molecule has 1 N–H and O–H groups in total. The Kier molecular flexibility index (Phi) is 10.8. The smallest absolute Gasteiger partial charge is 0.271 e. The molecular weight excluding hydrogens is 600 g/mol. The molecule has 0 saturated heterocycles. The van der Waals surface area contributed by atoms with Gasteiger partial charge in [-0.2, -0.15) is 0 Å². The van der Waals surface area contributed by atoms with Crippen LogP contribution in [0, 0.1) is 10.1 Å². The Morgan fingerprint density at radius 2 is 1.70 bits per heavy atom. The number of hydrogen-bond donors (Lipinski definition) is 1. The molecule has 40 heavy (non-hydrogen) atoms. The molecule has 2 amide bonds. The van der Waals surface area contributed by atoms with Gasteiger partial charge in [0.05, 0.1) is 15.5 Å². The summed E-state index contributed by atoms with van der Waals surface area (Å²) in [4.78, 5) is 38.9. The van der Waals surface area contributed by atoms with Gasteiger partial charge in [0.15, 0.2) is 0 Å². The number of amides is 2. The van der Waals surface area contributed by atoms with E-state index in [1.165, 1.54) is 35.2 Å². The quantitative estimate of drug-likeness (QED) is 0.163. The van der Waals surface area contributed by atoms with Crippen LogP contribution in [-0.4, -0.2) is 49.2 Å². The van der Waals surface area contributed by atoms with E-state index >= 15 is 0 Å². The van der Waals surface area contributed by atoms with Gasteiger partial charge in [-0.25, -0.2) is 8.42 Å². The molecule has 0 aliphatic heterocycles. The van der Waals surface area contributed by atoms with E-state index in [9.17, 15) is 28.1 Å². The summed E-state index contributed by atoms with van der Waals surface area (Å²) in [5.74, 6) is -1.02. The molecule has 212 valence electrons. The maximum absolute atomic E-state index is 13.9. The Balaban J connectivity index is 2.02. The number of anilines is 1. The van der Waals surface area contributed by atoms with E-state index in [-0.39, 0.29) is 28.7 Å². The first kappa shape index (κ1) is 30.8. The third-order valence-corrected chi connectivity index (χ3v) is 8.52. The molecule has 1 atom stereocenters. The summed E-state index contributed by atoms with van der Waals surface area (Å²) in [7, 11) is -4.31. The second-order valence-electron chi connectivity index (χ2n) is 9.07. The maximum Gasteiger partial charge on any atom is 0.271 e. The number of nitro groups is 1. The largest absolute Gasteiger partial charge is 0.354 e. The van der Waals surface area contributed by atoms with Crippen molar-refractivity contribution in [2.45, 2.75) is 44.2 Å². The van der Waals surface area contributed by atoms with Crippen molar-refractivity contribution in [3.8, 4) is 0 Å². The van der Waals surface area contributed by atoms with E-state index in [0.29, 0.717) is 6.54 Å². The molecule has 0 heterocycles. The number of halogens is 1. The molecule has 0 aromatic heterocycles. The van der Waals surface area contributed by atoms with E-state index in [0.717, 1.165) is 33.2 Å². The summed E-state index contributed by atoms with van der Waals surface area (Å²) in [6, 6.07) is 18.9. The topological polar surface area (TPSA) is 130 Å². The molecule has 0 radical (unpaired) electrons. The first-order valence-corrected chi connectivity index (χ1v) is 14.9. The van der Waals surface area contributed by atoms with Crippen LogP contribution < -0.4 is 9.62 Å². The second-order valence-corrected chi connectivity index (χ2v) is 11.8. The molecule has 3 aromatic rings. The van der Waals surface area contributed by atoms with Crippen LogP contribution in [0.25, 0.3) is 0 Å². The van der Waals surface area contributed by atoms with Crippen LogP contribution in [0.3, 0.4) is 0 Å². The Hall–Kier alpha value is -3.77. The van der Waals surface area contributed by atoms with Crippen LogP contribution >= 0.6 is 15.9 Å². The zero-order valence-corrected chi connectivity index (χ0v) is 24.6. The monoisotopic (exact) mass is 630 g/mol. The standard InChI is InChI=1S/C28H31BrN4O6S/c1-3-4-17-30-28(35)21(2)31(19-22-13-15-23(29)16-14-22)27(34)20-32(24-9-8-10-25(18-24)33(36)37)40(38,39)26-11-6-5-7-12-26/h5-16,18,21H,3-4,17,19-20H2,1-2H3,(H,30,35)/t21-/m0/s1. The Morgan fingerprint density at radius 3 is 2.33 bits per heavy atom. The van der Waals surface area contributed by atoms with Crippen LogP contribution in [-0.2, 0) is 26.2 Å². The molecule has 0 unspecified atom stereocenters. The summed E-state index contributed by atoms with van der Waals surface area (Å²) < 4.78 is 29.2. The Bertz CT molecular complexity index is 1430. The lowest BCUT2D eigenvalue weighted by molar-refractivity contribution is -0.384. The predicted octanol–water partition coefficient (Wildman–Crippen LogP) is 4.89. The van der Waals surface area contributed by atoms with E-state index in [1.54, 1.807) is 49.4 Å². The van der Waals surface area contributed by atoms with Crippen LogP contribution in [0.1, 0.15) is 32.3 Å². The van der Waals surface area contributed by atoms with E-state index in [2.05, 4.69) is 21.2 Å². The van der Waals surface area contributed by atoms with E-state index in [4.69, 9.17) is 0 Å². The van der Waals surface area contributed by atoms with Gasteiger partial charge in [-0.05, 0) is 49.2 Å². The lowest BCUT2D eigenvalue weighted by Crippen LogP contribution is -2.51. The van der Waals surface area contributed by atoms with Gasteiger partial charge >= 0.3 is 0 Å². The fraction of sp³-hybridized carbons (Fsp3) is 0.286. The first-order chi connectivity index (χ1) is 19.0. The molecule has 0 fully saturated rings. The van der Waals surface area contributed by atoms with Crippen molar-refractivity contribution in [3.63, 3.8) is 0 Å². The summed E-state index contributed by atoms with van der Waals surface area (Å²) in [6.45, 7) is 3.39. The minimum Gasteiger partial charge on any atom is -0.354 e. The summed E-state index contributed by atoms with van der Waals surface area (Å²) >= 11 is 3.38. The number of sulfonamides is 1. The normalized spacial score (nSPS) is 11.9. The van der Waals surface area contributed by atoms with Crippen LogP contribution in [0.5, 0.6) is 0 Å². The molecular formula is C28H31BrN4O6S. The fourth-order valence-electron chi connectivity index (χ4n) is 3.92. The van der Waals surface area contributed by atoms with Gasteiger partial charge in [0.25, 0.3) is 15.7 Å². The Labute approximate surface area is 242 Å². The van der Waals surface area contributed by atoms with Gasteiger partial charge in [-0.3, -0.25) is 24.0 Å². The first-order valence-electron chi connectivity index (χ1n) is 12.7. The van der Waals surface area contributed by atoms with Gasteiger partial charge in [-0.1, -0.05) is 65.7 Å². The van der Waals surface area contributed by atoms with Crippen LogP contribution in [0.2, 0.25) is 0 Å². The van der Waals surface area contributed by atoms with E-state index in [1.807, 2.05) is 6.92 Å². The molecule has 3 rings (SSSR count). The summed E-state index contributed by atoms with van der Waals surface area (Å²) in [6.07, 6.45) is 1.65. The number of nitro benzene ring substituents is 1. The zero-order valence-electron chi connectivity index (χ0n) is 22.2. The lowest BCUT2D eigenvalue weighted by Gasteiger charge is -2.32. The molecule has 0 aliphatic carbocycles. The fourth-order valence-corrected chi connectivity index (χ4v) is 5.61. The molecule has 10 nitrogen and oxygen atoms in total. The van der Waals surface area contributed by atoms with Crippen molar-refractivity contribution < 1.29 is 22.9 Å². The number of unbranched alkanes of at least 4 members (excludes halogenated alkanes) is 1. The average molecular weight is 632 g/mol.